The minimum atomic E-state index is -3.94. The van der Waals surface area contributed by atoms with Crippen LogP contribution in [0.3, 0.4) is 0 Å². The second-order valence-electron chi connectivity index (χ2n) is 11.3. The summed E-state index contributed by atoms with van der Waals surface area (Å²) in [4.78, 5) is 2.21. The Morgan fingerprint density at radius 3 is 2.24 bits per heavy atom. The van der Waals surface area contributed by atoms with E-state index in [0.717, 1.165) is 31.4 Å². The van der Waals surface area contributed by atoms with Crippen molar-refractivity contribution in [3.8, 4) is 22.6 Å². The number of nitrogens with zero attached hydrogens (tertiary/aromatic N) is 2. The van der Waals surface area contributed by atoms with E-state index in [4.69, 9.17) is 4.74 Å². The molecule has 1 saturated carbocycles. The van der Waals surface area contributed by atoms with Crippen molar-refractivity contribution in [3.05, 3.63) is 102 Å². The molecule has 0 spiro atoms. The molecular weight excluding hydrogens is 554 g/mol. The van der Waals surface area contributed by atoms with Crippen molar-refractivity contribution in [2.75, 3.05) is 18.5 Å². The minimum absolute atomic E-state index is 0.147. The van der Waals surface area contributed by atoms with Gasteiger partial charge < -0.3 is 9.64 Å². The van der Waals surface area contributed by atoms with Gasteiger partial charge in [-0.2, -0.15) is 4.31 Å². The first kappa shape index (κ1) is 28.4. The molecule has 1 aliphatic carbocycles. The van der Waals surface area contributed by atoms with Gasteiger partial charge in [0.1, 0.15) is 28.0 Å². The lowest BCUT2D eigenvalue weighted by molar-refractivity contribution is 0.218. The molecular formula is C34H34F2N2O3S. The smallest absolute Gasteiger partial charge is 0.245 e. The van der Waals surface area contributed by atoms with Crippen LogP contribution in [0.25, 0.3) is 11.1 Å². The van der Waals surface area contributed by atoms with E-state index < -0.39 is 21.7 Å². The summed E-state index contributed by atoms with van der Waals surface area (Å²) in [7, 11) is -2.25. The number of aryl methyl sites for hydroxylation is 1. The normalized spacial score (nSPS) is 19.2. The molecule has 0 unspecified atom stereocenters. The third kappa shape index (κ3) is 5.53. The summed E-state index contributed by atoms with van der Waals surface area (Å²) in [5.74, 6) is 0.0285. The lowest BCUT2D eigenvalue weighted by atomic mass is 9.83. The fourth-order valence-electron chi connectivity index (χ4n) is 6.35. The number of halogens is 2. The van der Waals surface area contributed by atoms with Crippen molar-refractivity contribution in [2.24, 2.45) is 5.92 Å². The summed E-state index contributed by atoms with van der Waals surface area (Å²) in [5.41, 5.74) is 3.09. The van der Waals surface area contributed by atoms with Gasteiger partial charge in [-0.25, -0.2) is 17.2 Å². The number of likely N-dealkylation sites (N-methyl/N-ethyl adjacent to an activating group) is 1. The van der Waals surface area contributed by atoms with E-state index in [2.05, 4.69) is 4.90 Å². The Morgan fingerprint density at radius 2 is 1.55 bits per heavy atom. The topological polar surface area (TPSA) is 49.9 Å². The van der Waals surface area contributed by atoms with Crippen LogP contribution >= 0.6 is 0 Å². The molecule has 1 heterocycles. The third-order valence-electron chi connectivity index (χ3n) is 8.51. The molecule has 1 fully saturated rings. The maximum atomic E-state index is 14.4. The largest absolute Gasteiger partial charge is 0.457 e. The van der Waals surface area contributed by atoms with Crippen LogP contribution in [0.1, 0.15) is 37.7 Å². The zero-order valence-corrected chi connectivity index (χ0v) is 24.6. The van der Waals surface area contributed by atoms with Gasteiger partial charge in [-0.05, 0) is 79.3 Å². The number of ether oxygens (including phenoxy) is 1. The molecule has 5 nitrogen and oxygen atoms in total. The molecule has 0 amide bonds. The van der Waals surface area contributed by atoms with E-state index >= 15 is 0 Å². The molecule has 0 N–H and O–H groups in total. The van der Waals surface area contributed by atoms with Crippen LogP contribution in [0.15, 0.2) is 89.8 Å². The molecule has 0 saturated heterocycles. The van der Waals surface area contributed by atoms with Gasteiger partial charge in [-0.15, -0.1) is 0 Å². The van der Waals surface area contributed by atoms with E-state index in [-0.39, 0.29) is 22.6 Å². The van der Waals surface area contributed by atoms with Crippen molar-refractivity contribution in [1.82, 2.24) is 4.31 Å². The van der Waals surface area contributed by atoms with Crippen LogP contribution in [0, 0.1) is 24.5 Å². The molecule has 0 radical (unpaired) electrons. The Kier molecular flexibility index (Phi) is 7.77. The molecule has 218 valence electrons. The summed E-state index contributed by atoms with van der Waals surface area (Å²) in [6.07, 6.45) is 5.32. The number of anilines is 2. The van der Waals surface area contributed by atoms with E-state index in [9.17, 15) is 17.2 Å². The maximum absolute atomic E-state index is 14.4. The number of hydrogen-bond acceptors (Lipinski definition) is 4. The van der Waals surface area contributed by atoms with Gasteiger partial charge in [0.05, 0.1) is 5.69 Å². The first-order chi connectivity index (χ1) is 20.2. The van der Waals surface area contributed by atoms with Gasteiger partial charge in [0, 0.05) is 43.0 Å². The molecule has 1 atom stereocenters. The number of hydrogen-bond donors (Lipinski definition) is 0. The van der Waals surface area contributed by atoms with Crippen LogP contribution in [0.5, 0.6) is 11.5 Å². The molecule has 0 bridgehead atoms. The first-order valence-corrected chi connectivity index (χ1v) is 15.8. The summed E-state index contributed by atoms with van der Waals surface area (Å²) < 4.78 is 64.9. The SMILES string of the molecule is Cc1cc(F)cc(Oc2cc3c(cc2-c2ccc(F)cc2)S(=O)(=O)N(C)[C@H](C2CCCCC2)CN3c2ccccc2)c1. The molecule has 4 aromatic rings. The fraction of sp³-hybridized carbons (Fsp3) is 0.294. The zero-order chi connectivity index (χ0) is 29.4. The Labute approximate surface area is 246 Å². The van der Waals surface area contributed by atoms with Crippen molar-refractivity contribution < 1.29 is 21.9 Å². The fourth-order valence-corrected chi connectivity index (χ4v) is 7.95. The second kappa shape index (κ2) is 11.5. The highest BCUT2D eigenvalue weighted by molar-refractivity contribution is 7.89. The van der Waals surface area contributed by atoms with Crippen molar-refractivity contribution >= 4 is 21.4 Å². The van der Waals surface area contributed by atoms with Crippen LogP contribution in [0.4, 0.5) is 20.2 Å². The van der Waals surface area contributed by atoms with Gasteiger partial charge in [0.25, 0.3) is 0 Å². The average Bonchev–Trinajstić information content (AvgIpc) is 3.06. The maximum Gasteiger partial charge on any atom is 0.245 e. The van der Waals surface area contributed by atoms with Crippen LogP contribution in [-0.4, -0.2) is 32.4 Å². The van der Waals surface area contributed by atoms with E-state index in [0.29, 0.717) is 34.7 Å². The van der Waals surface area contributed by atoms with Gasteiger partial charge >= 0.3 is 0 Å². The number of para-hydroxylation sites is 1. The molecule has 1 aliphatic heterocycles. The van der Waals surface area contributed by atoms with E-state index in [1.54, 1.807) is 48.6 Å². The third-order valence-corrected chi connectivity index (χ3v) is 10.4. The van der Waals surface area contributed by atoms with Crippen LogP contribution < -0.4 is 9.64 Å². The Morgan fingerprint density at radius 1 is 0.833 bits per heavy atom. The van der Waals surface area contributed by atoms with Crippen molar-refractivity contribution in [1.29, 1.82) is 0 Å². The molecule has 8 heteroatoms. The van der Waals surface area contributed by atoms with Gasteiger partial charge in [-0.1, -0.05) is 49.6 Å². The molecule has 42 heavy (non-hydrogen) atoms. The molecule has 6 rings (SSSR count). The highest BCUT2D eigenvalue weighted by Gasteiger charge is 2.41. The predicted molar refractivity (Wildman–Crippen MR) is 162 cm³/mol. The second-order valence-corrected chi connectivity index (χ2v) is 13.3. The van der Waals surface area contributed by atoms with Gasteiger partial charge in [0.15, 0.2) is 0 Å². The Balaban J connectivity index is 1.58. The monoisotopic (exact) mass is 588 g/mol. The van der Waals surface area contributed by atoms with E-state index in [1.807, 2.05) is 30.3 Å². The standard InChI is InChI=1S/C34H34F2N2O3S/c1-23-17-27(36)19-29(18-23)41-33-21-31-34(20-30(33)24-13-15-26(35)16-14-24)42(39,40)37(2)32(25-9-5-3-6-10-25)22-38(31)28-11-7-4-8-12-28/h4,7-8,11-21,25,32H,3,5-6,9-10,22H2,1-2H3/t32-/m0/s1. The predicted octanol–water partition coefficient (Wildman–Crippen LogP) is 8.45. The minimum Gasteiger partial charge on any atom is -0.457 e. The first-order valence-electron chi connectivity index (χ1n) is 14.4. The quantitative estimate of drug-likeness (QED) is 0.235. The Hall–Kier alpha value is -3.75. The average molecular weight is 589 g/mol. The lowest BCUT2D eigenvalue weighted by Crippen LogP contribution is -2.46. The number of benzene rings is 4. The summed E-state index contributed by atoms with van der Waals surface area (Å²) >= 11 is 0. The number of sulfonamides is 1. The highest BCUT2D eigenvalue weighted by atomic mass is 32.2. The van der Waals surface area contributed by atoms with Gasteiger partial charge in [0.2, 0.25) is 10.0 Å². The molecule has 0 aromatic heterocycles. The van der Waals surface area contributed by atoms with Crippen molar-refractivity contribution in [2.45, 2.75) is 50.0 Å². The van der Waals surface area contributed by atoms with Crippen LogP contribution in [0.2, 0.25) is 0 Å². The zero-order valence-electron chi connectivity index (χ0n) is 23.8. The van der Waals surface area contributed by atoms with Crippen LogP contribution in [-0.2, 0) is 10.0 Å². The van der Waals surface area contributed by atoms with E-state index in [1.165, 1.54) is 30.7 Å². The Bertz CT molecular complexity index is 1670. The summed E-state index contributed by atoms with van der Waals surface area (Å²) in [5, 5.41) is 0. The molecule has 2 aliphatic rings. The lowest BCUT2D eigenvalue weighted by Gasteiger charge is -2.36. The summed E-state index contributed by atoms with van der Waals surface area (Å²) in [6, 6.07) is 23.2. The summed E-state index contributed by atoms with van der Waals surface area (Å²) in [6.45, 7) is 2.25. The van der Waals surface area contributed by atoms with Crippen molar-refractivity contribution in [3.63, 3.8) is 0 Å². The highest BCUT2D eigenvalue weighted by Crippen LogP contribution is 2.46. The molecule has 4 aromatic carbocycles. The number of rotatable bonds is 5. The number of fused-ring (bicyclic) bond motifs is 1. The van der Waals surface area contributed by atoms with Gasteiger partial charge in [-0.3, -0.25) is 0 Å².